The minimum Gasteiger partial charge on any atom is -0.383 e. The van der Waals surface area contributed by atoms with E-state index in [0.717, 1.165) is 62.3 Å². The van der Waals surface area contributed by atoms with Gasteiger partial charge in [0.05, 0.1) is 6.04 Å². The number of alkyl halides is 1. The van der Waals surface area contributed by atoms with Crippen molar-refractivity contribution in [2.75, 3.05) is 38.1 Å². The van der Waals surface area contributed by atoms with Gasteiger partial charge in [-0.15, -0.1) is 0 Å². The molecule has 3 atom stereocenters. The molecular weight excluding hydrogens is 462 g/mol. The van der Waals surface area contributed by atoms with Crippen molar-refractivity contribution in [2.24, 2.45) is 11.3 Å². The molecule has 4 aliphatic rings. The van der Waals surface area contributed by atoms with Gasteiger partial charge in [0.15, 0.2) is 0 Å². The molecule has 1 amide bonds. The van der Waals surface area contributed by atoms with Gasteiger partial charge in [-0.25, -0.2) is 0 Å². The molecule has 1 fully saturated rings. The zero-order valence-corrected chi connectivity index (χ0v) is 20.4. The van der Waals surface area contributed by atoms with Gasteiger partial charge in [-0.05, 0) is 42.4 Å². The highest BCUT2D eigenvalue weighted by atomic mass is 79.9. The third-order valence-corrected chi connectivity index (χ3v) is 8.22. The van der Waals surface area contributed by atoms with Crippen LogP contribution >= 0.6 is 27.5 Å². The number of carbonyl (C=O) groups excluding carboxylic acids is 1. The van der Waals surface area contributed by atoms with Crippen molar-refractivity contribution in [3.63, 3.8) is 0 Å². The number of allylic oxidation sites excluding steroid dienone is 5. The second kappa shape index (κ2) is 9.22. The maximum Gasteiger partial charge on any atom is 0.222 e. The van der Waals surface area contributed by atoms with Crippen LogP contribution in [0.25, 0.3) is 0 Å². The van der Waals surface area contributed by atoms with Crippen molar-refractivity contribution in [3.05, 3.63) is 46.2 Å². The summed E-state index contributed by atoms with van der Waals surface area (Å²) >= 11 is 10.1. The fraction of sp³-hybridized carbons (Fsp3) is 0.625. The van der Waals surface area contributed by atoms with E-state index in [4.69, 9.17) is 11.6 Å². The van der Waals surface area contributed by atoms with Gasteiger partial charge < -0.3 is 10.2 Å². The van der Waals surface area contributed by atoms with E-state index in [-0.39, 0.29) is 11.5 Å². The molecule has 0 saturated carbocycles. The summed E-state index contributed by atoms with van der Waals surface area (Å²) in [5.74, 6) is 0.711. The molecule has 0 aromatic rings. The lowest BCUT2D eigenvalue weighted by molar-refractivity contribution is -0.133. The first-order valence-corrected chi connectivity index (χ1v) is 12.8. The van der Waals surface area contributed by atoms with E-state index in [2.05, 4.69) is 69.2 Å². The highest BCUT2D eigenvalue weighted by Gasteiger charge is 2.48. The Bertz CT molecular complexity index is 809. The van der Waals surface area contributed by atoms with Gasteiger partial charge in [-0.1, -0.05) is 59.6 Å². The summed E-state index contributed by atoms with van der Waals surface area (Å²) in [4.78, 5) is 17.1. The van der Waals surface area contributed by atoms with E-state index in [0.29, 0.717) is 18.2 Å². The molecule has 0 aromatic carbocycles. The summed E-state index contributed by atoms with van der Waals surface area (Å²) in [6.07, 6.45) is 12.9. The normalized spacial score (nSPS) is 31.9. The molecule has 0 aromatic heterocycles. The quantitative estimate of drug-likeness (QED) is 0.581. The summed E-state index contributed by atoms with van der Waals surface area (Å²) in [5, 5.41) is 5.57. The van der Waals surface area contributed by atoms with Crippen molar-refractivity contribution in [1.29, 1.82) is 0 Å². The Balaban J connectivity index is 1.66. The molecule has 30 heavy (non-hydrogen) atoms. The molecule has 0 spiro atoms. The molecule has 2 heterocycles. The van der Waals surface area contributed by atoms with Gasteiger partial charge in [0.25, 0.3) is 0 Å². The Morgan fingerprint density at radius 2 is 2.10 bits per heavy atom. The molecule has 6 heteroatoms. The second-order valence-corrected chi connectivity index (χ2v) is 10.2. The number of halogens is 2. The summed E-state index contributed by atoms with van der Waals surface area (Å²) < 4.78 is 0. The molecule has 1 saturated heterocycles. The predicted molar refractivity (Wildman–Crippen MR) is 128 cm³/mol. The number of piperazine rings is 1. The second-order valence-electron chi connectivity index (χ2n) is 9.19. The van der Waals surface area contributed by atoms with Crippen LogP contribution in [0.2, 0.25) is 0 Å². The Morgan fingerprint density at radius 3 is 2.80 bits per heavy atom. The Kier molecular flexibility index (Phi) is 6.81. The molecule has 4 nitrogen and oxygen atoms in total. The third-order valence-electron chi connectivity index (χ3n) is 7.25. The first-order valence-electron chi connectivity index (χ1n) is 11.3. The molecular formula is C24H33BrClN3O. The molecule has 2 aliphatic heterocycles. The van der Waals surface area contributed by atoms with Gasteiger partial charge in [0.1, 0.15) is 0 Å². The number of nitrogens with zero attached hydrogens (tertiary/aromatic N) is 2. The largest absolute Gasteiger partial charge is 0.383 e. The van der Waals surface area contributed by atoms with Crippen LogP contribution in [0.1, 0.15) is 39.5 Å². The molecule has 4 rings (SSSR count). The van der Waals surface area contributed by atoms with Crippen LogP contribution in [0.4, 0.5) is 0 Å². The van der Waals surface area contributed by atoms with E-state index in [1.165, 1.54) is 16.8 Å². The Morgan fingerprint density at radius 1 is 1.33 bits per heavy atom. The number of fused-ring (bicyclic) bond motifs is 1. The predicted octanol–water partition coefficient (Wildman–Crippen LogP) is 4.59. The topological polar surface area (TPSA) is 35.6 Å². The van der Waals surface area contributed by atoms with Crippen LogP contribution in [0.3, 0.4) is 0 Å². The van der Waals surface area contributed by atoms with Gasteiger partial charge in [-0.2, -0.15) is 0 Å². The Hall–Kier alpha value is -1.04. The Labute approximate surface area is 194 Å². The molecule has 1 N–H and O–H groups in total. The van der Waals surface area contributed by atoms with Crippen molar-refractivity contribution in [1.82, 2.24) is 15.1 Å². The summed E-state index contributed by atoms with van der Waals surface area (Å²) in [5.41, 5.74) is 4.21. The van der Waals surface area contributed by atoms with Crippen LogP contribution in [0.5, 0.6) is 0 Å². The van der Waals surface area contributed by atoms with E-state index >= 15 is 0 Å². The van der Waals surface area contributed by atoms with E-state index < -0.39 is 0 Å². The standard InChI is InChI=1S/C24H33BrClN3O/c1-3-4-21(30)28-9-11-29(12-10-28)23-22-18(13-17(15-25)16-27-22)5-6-19-14-20(26)7-8-24(19,23)2/h7-8,13-14,19,23,27H,3-6,9-12,15-16H2,1-2H3. The minimum absolute atomic E-state index is 0.0161. The zero-order chi connectivity index (χ0) is 21.3. The van der Waals surface area contributed by atoms with Crippen molar-refractivity contribution < 1.29 is 4.79 Å². The zero-order valence-electron chi connectivity index (χ0n) is 18.1. The number of carbonyl (C=O) groups is 1. The monoisotopic (exact) mass is 493 g/mol. The number of hydrogen-bond acceptors (Lipinski definition) is 3. The lowest BCUT2D eigenvalue weighted by Gasteiger charge is -2.50. The van der Waals surface area contributed by atoms with Crippen molar-refractivity contribution in [2.45, 2.75) is 45.6 Å². The lowest BCUT2D eigenvalue weighted by Crippen LogP contribution is -2.59. The average molecular weight is 495 g/mol. The summed E-state index contributed by atoms with van der Waals surface area (Å²) in [6.45, 7) is 8.85. The minimum atomic E-state index is -0.0161. The fourth-order valence-corrected chi connectivity index (χ4v) is 6.14. The molecule has 2 aliphatic carbocycles. The average Bonchev–Trinajstić information content (AvgIpc) is 2.87. The lowest BCUT2D eigenvalue weighted by atomic mass is 9.67. The highest BCUT2D eigenvalue weighted by molar-refractivity contribution is 9.09. The maximum absolute atomic E-state index is 12.4. The van der Waals surface area contributed by atoms with Crippen LogP contribution in [-0.4, -0.2) is 59.8 Å². The highest BCUT2D eigenvalue weighted by Crippen LogP contribution is 2.49. The van der Waals surface area contributed by atoms with Gasteiger partial charge in [0.2, 0.25) is 5.91 Å². The number of rotatable bonds is 4. The molecule has 0 bridgehead atoms. The van der Waals surface area contributed by atoms with Crippen LogP contribution < -0.4 is 5.32 Å². The van der Waals surface area contributed by atoms with E-state index in [1.807, 2.05) is 0 Å². The molecule has 0 radical (unpaired) electrons. The van der Waals surface area contributed by atoms with E-state index in [9.17, 15) is 4.79 Å². The number of hydrogen-bond donors (Lipinski definition) is 1. The summed E-state index contributed by atoms with van der Waals surface area (Å²) in [7, 11) is 0. The number of dihydropyridines is 1. The number of nitrogens with one attached hydrogen (secondary N) is 1. The van der Waals surface area contributed by atoms with Crippen molar-refractivity contribution in [3.8, 4) is 0 Å². The molecule has 3 unspecified atom stereocenters. The first-order chi connectivity index (χ1) is 14.5. The number of amides is 1. The van der Waals surface area contributed by atoms with Crippen LogP contribution in [0, 0.1) is 11.3 Å². The van der Waals surface area contributed by atoms with Crippen molar-refractivity contribution >= 4 is 33.4 Å². The van der Waals surface area contributed by atoms with Crippen LogP contribution in [-0.2, 0) is 4.79 Å². The SMILES string of the molecule is CCCC(=O)N1CCN(C2C3=C(C=C(CBr)CN3)CCC3C=C(Cl)C=CC32C)CC1. The van der Waals surface area contributed by atoms with Gasteiger partial charge in [0, 0.05) is 60.6 Å². The maximum atomic E-state index is 12.4. The fourth-order valence-electron chi connectivity index (χ4n) is 5.56. The smallest absolute Gasteiger partial charge is 0.222 e. The van der Waals surface area contributed by atoms with Gasteiger partial charge >= 0.3 is 0 Å². The summed E-state index contributed by atoms with van der Waals surface area (Å²) in [6, 6.07) is 0.272. The third kappa shape index (κ3) is 4.18. The van der Waals surface area contributed by atoms with Crippen LogP contribution in [0.15, 0.2) is 46.2 Å². The molecule has 164 valence electrons. The van der Waals surface area contributed by atoms with E-state index in [1.54, 1.807) is 0 Å². The first kappa shape index (κ1) is 22.2. The van der Waals surface area contributed by atoms with Gasteiger partial charge in [-0.3, -0.25) is 9.69 Å².